The van der Waals surface area contributed by atoms with E-state index < -0.39 is 24.2 Å². The van der Waals surface area contributed by atoms with Crippen molar-refractivity contribution >= 4 is 34.2 Å². The fourth-order valence-corrected chi connectivity index (χ4v) is 4.68. The summed E-state index contributed by atoms with van der Waals surface area (Å²) < 4.78 is 53.5. The Morgan fingerprint density at radius 3 is 2.65 bits per heavy atom. The highest BCUT2D eigenvalue weighted by molar-refractivity contribution is 6.31. The Balaban J connectivity index is 1.37. The van der Waals surface area contributed by atoms with E-state index in [1.807, 2.05) is 12.1 Å². The topological polar surface area (TPSA) is 93.2 Å². The van der Waals surface area contributed by atoms with Crippen molar-refractivity contribution in [1.29, 1.82) is 0 Å². The monoisotopic (exact) mass is 533 g/mol. The summed E-state index contributed by atoms with van der Waals surface area (Å²) in [7, 11) is 2.94. The van der Waals surface area contributed by atoms with E-state index in [0.29, 0.717) is 22.1 Å². The number of hydrogen-bond donors (Lipinski definition) is 3. The number of fused-ring (bicyclic) bond motifs is 2. The first-order valence-corrected chi connectivity index (χ1v) is 11.7. The normalized spacial score (nSPS) is 17.2. The van der Waals surface area contributed by atoms with Crippen LogP contribution in [-0.4, -0.2) is 41.1 Å². The number of carbonyl (C=O) groups excluding carboxylic acids is 1. The molecule has 3 N–H and O–H groups in total. The number of rotatable bonds is 6. The molecule has 0 aliphatic carbocycles. The third kappa shape index (κ3) is 4.91. The van der Waals surface area contributed by atoms with Crippen LogP contribution in [0.4, 0.5) is 19.0 Å². The standard InChI is InChI=1S/C25H23ClF3N5O3/c1-36-20-6-3-13(9-21(20)37-2)18-10-22(25(27,28)29)34-23(32-18)11-19(33-34)24(35)30-12-16-8-14-7-15(26)4-5-17(14)31-16/h3-9,11,18,22,31-32H,10,12H2,1-2H3,(H,30,35). The van der Waals surface area contributed by atoms with Gasteiger partial charge < -0.3 is 25.1 Å². The Morgan fingerprint density at radius 2 is 1.92 bits per heavy atom. The van der Waals surface area contributed by atoms with Gasteiger partial charge in [-0.1, -0.05) is 17.7 Å². The van der Waals surface area contributed by atoms with Gasteiger partial charge in [-0.2, -0.15) is 18.3 Å². The second-order valence-electron chi connectivity index (χ2n) is 8.67. The highest BCUT2D eigenvalue weighted by atomic mass is 35.5. The molecule has 194 valence electrons. The number of carbonyl (C=O) groups is 1. The predicted molar refractivity (Wildman–Crippen MR) is 132 cm³/mol. The van der Waals surface area contributed by atoms with Crippen LogP contribution in [0.2, 0.25) is 5.02 Å². The van der Waals surface area contributed by atoms with Crippen molar-refractivity contribution in [3.8, 4) is 11.5 Å². The summed E-state index contributed by atoms with van der Waals surface area (Å²) in [5.41, 5.74) is 2.03. The molecular weight excluding hydrogens is 511 g/mol. The molecule has 1 amide bonds. The number of alkyl halides is 3. The summed E-state index contributed by atoms with van der Waals surface area (Å²) in [5.74, 6) is 0.378. The van der Waals surface area contributed by atoms with Crippen LogP contribution in [0.15, 0.2) is 48.5 Å². The van der Waals surface area contributed by atoms with Crippen LogP contribution >= 0.6 is 11.6 Å². The molecule has 3 heterocycles. The Morgan fingerprint density at radius 1 is 1.14 bits per heavy atom. The van der Waals surface area contributed by atoms with Crippen molar-refractivity contribution < 1.29 is 27.4 Å². The maximum Gasteiger partial charge on any atom is 0.410 e. The van der Waals surface area contributed by atoms with E-state index in [1.54, 1.807) is 30.3 Å². The highest BCUT2D eigenvalue weighted by Gasteiger charge is 2.47. The average Bonchev–Trinajstić information content (AvgIpc) is 3.49. The van der Waals surface area contributed by atoms with Gasteiger partial charge in [0.25, 0.3) is 5.91 Å². The minimum Gasteiger partial charge on any atom is -0.493 e. The van der Waals surface area contributed by atoms with Crippen molar-refractivity contribution in [3.63, 3.8) is 0 Å². The van der Waals surface area contributed by atoms with E-state index in [-0.39, 0.29) is 24.5 Å². The van der Waals surface area contributed by atoms with Gasteiger partial charge in [0.15, 0.2) is 23.2 Å². The van der Waals surface area contributed by atoms with Crippen LogP contribution in [0.1, 0.15) is 40.3 Å². The molecule has 0 fully saturated rings. The number of amides is 1. The molecule has 0 spiro atoms. The lowest BCUT2D eigenvalue weighted by molar-refractivity contribution is -0.173. The number of ether oxygens (including phenoxy) is 2. The molecule has 2 atom stereocenters. The number of methoxy groups -OCH3 is 2. The number of benzene rings is 2. The molecule has 12 heteroatoms. The van der Waals surface area contributed by atoms with Crippen LogP contribution in [0.5, 0.6) is 11.5 Å². The van der Waals surface area contributed by atoms with Crippen molar-refractivity contribution in [2.45, 2.75) is 31.2 Å². The summed E-state index contributed by atoms with van der Waals surface area (Å²) in [6, 6.07) is 10.9. The molecule has 1 aliphatic rings. The first-order valence-electron chi connectivity index (χ1n) is 11.4. The summed E-state index contributed by atoms with van der Waals surface area (Å²) in [6.45, 7) is 0.137. The number of aromatic nitrogens is 3. The van der Waals surface area contributed by atoms with Gasteiger partial charge in [-0.25, -0.2) is 4.68 Å². The van der Waals surface area contributed by atoms with Gasteiger partial charge in [0.05, 0.1) is 26.8 Å². The molecule has 2 aromatic carbocycles. The molecule has 2 aromatic heterocycles. The van der Waals surface area contributed by atoms with Gasteiger partial charge in [-0.05, 0) is 42.0 Å². The number of nitrogens with zero attached hydrogens (tertiary/aromatic N) is 2. The quantitative estimate of drug-likeness (QED) is 0.299. The van der Waals surface area contributed by atoms with E-state index >= 15 is 0 Å². The molecule has 8 nitrogen and oxygen atoms in total. The predicted octanol–water partition coefficient (Wildman–Crippen LogP) is 5.63. The molecule has 1 aliphatic heterocycles. The maximum absolute atomic E-state index is 14.0. The van der Waals surface area contributed by atoms with E-state index in [1.165, 1.54) is 20.3 Å². The lowest BCUT2D eigenvalue weighted by atomic mass is 9.96. The van der Waals surface area contributed by atoms with Gasteiger partial charge >= 0.3 is 6.18 Å². The maximum atomic E-state index is 14.0. The average molecular weight is 534 g/mol. The third-order valence-corrected chi connectivity index (χ3v) is 6.55. The zero-order chi connectivity index (χ0) is 26.3. The molecule has 0 bridgehead atoms. The number of H-pyrrole nitrogens is 1. The molecule has 2 unspecified atom stereocenters. The minimum atomic E-state index is -4.57. The molecular formula is C25H23ClF3N5O3. The fourth-order valence-electron chi connectivity index (χ4n) is 4.50. The smallest absolute Gasteiger partial charge is 0.410 e. The first kappa shape index (κ1) is 24.8. The Labute approximate surface area is 214 Å². The molecule has 0 radical (unpaired) electrons. The summed E-state index contributed by atoms with van der Waals surface area (Å²) in [6.07, 6.45) is -4.89. The lowest BCUT2D eigenvalue weighted by Gasteiger charge is -2.33. The van der Waals surface area contributed by atoms with E-state index in [9.17, 15) is 18.0 Å². The zero-order valence-corrected chi connectivity index (χ0v) is 20.6. The van der Waals surface area contributed by atoms with Crippen LogP contribution in [-0.2, 0) is 6.54 Å². The van der Waals surface area contributed by atoms with Crippen molar-refractivity contribution in [2.24, 2.45) is 0 Å². The summed E-state index contributed by atoms with van der Waals surface area (Å²) >= 11 is 6.01. The molecule has 5 rings (SSSR count). The van der Waals surface area contributed by atoms with Gasteiger partial charge in [-0.3, -0.25) is 4.79 Å². The van der Waals surface area contributed by atoms with E-state index in [4.69, 9.17) is 21.1 Å². The largest absolute Gasteiger partial charge is 0.493 e. The molecule has 37 heavy (non-hydrogen) atoms. The molecule has 4 aromatic rings. The van der Waals surface area contributed by atoms with Gasteiger partial charge in [0.1, 0.15) is 5.82 Å². The highest BCUT2D eigenvalue weighted by Crippen LogP contribution is 2.44. The number of halogens is 4. The number of hydrogen-bond acceptors (Lipinski definition) is 5. The fraction of sp³-hybridized carbons (Fsp3) is 0.280. The van der Waals surface area contributed by atoms with Crippen molar-refractivity contribution in [2.75, 3.05) is 19.5 Å². The first-order chi connectivity index (χ1) is 17.7. The van der Waals surface area contributed by atoms with Gasteiger partial charge in [0.2, 0.25) is 0 Å². The minimum absolute atomic E-state index is 0.0961. The van der Waals surface area contributed by atoms with E-state index in [2.05, 4.69) is 20.7 Å². The van der Waals surface area contributed by atoms with Crippen molar-refractivity contribution in [3.05, 3.63) is 70.5 Å². The Kier molecular flexibility index (Phi) is 6.40. The summed E-state index contributed by atoms with van der Waals surface area (Å²) in [5, 5.41) is 11.3. The molecule has 0 saturated carbocycles. The SMILES string of the molecule is COc1ccc(C2CC(C(F)(F)F)n3nc(C(=O)NCc4cc5cc(Cl)ccc5[nH]4)cc3N2)cc1OC. The number of anilines is 1. The number of aromatic amines is 1. The zero-order valence-electron chi connectivity index (χ0n) is 19.8. The molecule has 0 saturated heterocycles. The Bertz CT molecular complexity index is 1470. The van der Waals surface area contributed by atoms with Crippen molar-refractivity contribution in [1.82, 2.24) is 20.1 Å². The third-order valence-electron chi connectivity index (χ3n) is 6.31. The summed E-state index contributed by atoms with van der Waals surface area (Å²) in [4.78, 5) is 16.0. The lowest BCUT2D eigenvalue weighted by Crippen LogP contribution is -2.35. The second-order valence-corrected chi connectivity index (χ2v) is 9.11. The van der Waals surface area contributed by atoms with Gasteiger partial charge in [0, 0.05) is 34.1 Å². The second kappa shape index (κ2) is 9.55. The van der Waals surface area contributed by atoms with Gasteiger partial charge in [-0.15, -0.1) is 0 Å². The van der Waals surface area contributed by atoms with Crippen LogP contribution < -0.4 is 20.1 Å². The number of nitrogens with one attached hydrogen (secondary N) is 3. The Hall–Kier alpha value is -3.86. The van der Waals surface area contributed by atoms with Crippen LogP contribution in [0.3, 0.4) is 0 Å². The van der Waals surface area contributed by atoms with Crippen LogP contribution in [0, 0.1) is 0 Å². The van der Waals surface area contributed by atoms with E-state index in [0.717, 1.165) is 21.3 Å². The van der Waals surface area contributed by atoms with Crippen LogP contribution in [0.25, 0.3) is 10.9 Å².